The van der Waals surface area contributed by atoms with Gasteiger partial charge in [0.05, 0.1) is 5.69 Å². The van der Waals surface area contributed by atoms with E-state index in [2.05, 4.69) is 9.88 Å². The summed E-state index contributed by atoms with van der Waals surface area (Å²) in [6, 6.07) is 3.68. The fourth-order valence-electron chi connectivity index (χ4n) is 2.04. The normalized spacial score (nSPS) is 25.0. The SMILES string of the molecule is COC1CN(c2ncccc2N)CC1OC. The van der Waals surface area contributed by atoms with Gasteiger partial charge in [0, 0.05) is 33.5 Å². The summed E-state index contributed by atoms with van der Waals surface area (Å²) in [5, 5.41) is 0. The van der Waals surface area contributed by atoms with Gasteiger partial charge in [0.2, 0.25) is 0 Å². The molecule has 5 nitrogen and oxygen atoms in total. The lowest BCUT2D eigenvalue weighted by Gasteiger charge is -2.18. The van der Waals surface area contributed by atoms with Crippen LogP contribution in [-0.4, -0.2) is 44.5 Å². The minimum absolute atomic E-state index is 0.0754. The van der Waals surface area contributed by atoms with E-state index in [9.17, 15) is 0 Å². The molecule has 1 aromatic rings. The van der Waals surface area contributed by atoms with Crippen molar-refractivity contribution in [2.24, 2.45) is 0 Å². The molecule has 2 unspecified atom stereocenters. The third kappa shape index (κ3) is 1.96. The number of nitrogens with two attached hydrogens (primary N) is 1. The molecule has 0 saturated carbocycles. The molecule has 1 aliphatic heterocycles. The van der Waals surface area contributed by atoms with Crippen LogP contribution in [0, 0.1) is 0 Å². The molecule has 0 spiro atoms. The maximum absolute atomic E-state index is 5.89. The minimum atomic E-state index is 0.0754. The van der Waals surface area contributed by atoms with Gasteiger partial charge >= 0.3 is 0 Å². The summed E-state index contributed by atoms with van der Waals surface area (Å²) < 4.78 is 10.7. The van der Waals surface area contributed by atoms with Crippen LogP contribution in [0.25, 0.3) is 0 Å². The van der Waals surface area contributed by atoms with Gasteiger partial charge in [-0.05, 0) is 12.1 Å². The van der Waals surface area contributed by atoms with Gasteiger partial charge in [-0.1, -0.05) is 0 Å². The maximum atomic E-state index is 5.89. The van der Waals surface area contributed by atoms with Crippen molar-refractivity contribution in [3.8, 4) is 0 Å². The molecule has 2 heterocycles. The Hall–Kier alpha value is -1.33. The van der Waals surface area contributed by atoms with Crippen LogP contribution in [0.3, 0.4) is 0 Å². The molecule has 88 valence electrons. The zero-order valence-corrected chi connectivity index (χ0v) is 9.59. The monoisotopic (exact) mass is 223 g/mol. The van der Waals surface area contributed by atoms with Gasteiger partial charge in [-0.25, -0.2) is 4.98 Å². The Kier molecular flexibility index (Phi) is 3.26. The Morgan fingerprint density at radius 3 is 2.44 bits per heavy atom. The van der Waals surface area contributed by atoms with Crippen molar-refractivity contribution in [1.82, 2.24) is 4.98 Å². The lowest BCUT2D eigenvalue weighted by molar-refractivity contribution is -0.00461. The van der Waals surface area contributed by atoms with Crippen LogP contribution in [0.4, 0.5) is 11.5 Å². The number of methoxy groups -OCH3 is 2. The Morgan fingerprint density at radius 1 is 1.31 bits per heavy atom. The molecular formula is C11H17N3O2. The molecule has 0 aliphatic carbocycles. The standard InChI is InChI=1S/C11H17N3O2/c1-15-9-6-14(7-10(9)16-2)11-8(12)4-3-5-13-11/h3-5,9-10H,6-7,12H2,1-2H3. The number of anilines is 2. The first kappa shape index (κ1) is 11.2. The van der Waals surface area contributed by atoms with E-state index in [-0.39, 0.29) is 12.2 Å². The molecule has 1 saturated heterocycles. The summed E-state index contributed by atoms with van der Waals surface area (Å²) in [6.07, 6.45) is 1.89. The fraction of sp³-hybridized carbons (Fsp3) is 0.545. The van der Waals surface area contributed by atoms with E-state index in [4.69, 9.17) is 15.2 Å². The van der Waals surface area contributed by atoms with Gasteiger partial charge < -0.3 is 20.1 Å². The zero-order valence-electron chi connectivity index (χ0n) is 9.59. The third-order valence-electron chi connectivity index (χ3n) is 2.94. The van der Waals surface area contributed by atoms with E-state index in [0.717, 1.165) is 18.9 Å². The number of nitrogen functional groups attached to an aromatic ring is 1. The van der Waals surface area contributed by atoms with Crippen LogP contribution in [0.5, 0.6) is 0 Å². The summed E-state index contributed by atoms with van der Waals surface area (Å²) in [4.78, 5) is 6.38. The molecule has 16 heavy (non-hydrogen) atoms. The van der Waals surface area contributed by atoms with E-state index in [1.54, 1.807) is 20.4 Å². The van der Waals surface area contributed by atoms with Crippen LogP contribution in [0.1, 0.15) is 0 Å². The summed E-state index contributed by atoms with van der Waals surface area (Å²) in [5.74, 6) is 0.809. The number of ether oxygens (including phenoxy) is 2. The quantitative estimate of drug-likeness (QED) is 0.809. The molecule has 2 atom stereocenters. The maximum Gasteiger partial charge on any atom is 0.151 e. The van der Waals surface area contributed by atoms with Crippen LogP contribution in [0.15, 0.2) is 18.3 Å². The van der Waals surface area contributed by atoms with Gasteiger partial charge in [0.1, 0.15) is 12.2 Å². The van der Waals surface area contributed by atoms with E-state index < -0.39 is 0 Å². The van der Waals surface area contributed by atoms with Crippen molar-refractivity contribution >= 4 is 11.5 Å². The highest BCUT2D eigenvalue weighted by Gasteiger charge is 2.34. The smallest absolute Gasteiger partial charge is 0.151 e. The number of pyridine rings is 1. The second kappa shape index (κ2) is 4.67. The highest BCUT2D eigenvalue weighted by Crippen LogP contribution is 2.25. The number of hydrogen-bond acceptors (Lipinski definition) is 5. The Balaban J connectivity index is 2.16. The van der Waals surface area contributed by atoms with Crippen LogP contribution < -0.4 is 10.6 Å². The molecule has 0 aromatic carbocycles. The molecule has 1 aromatic heterocycles. The van der Waals surface area contributed by atoms with Gasteiger partial charge in [0.25, 0.3) is 0 Å². The van der Waals surface area contributed by atoms with Crippen LogP contribution in [0.2, 0.25) is 0 Å². The Bertz CT molecular complexity index is 347. The highest BCUT2D eigenvalue weighted by atomic mass is 16.5. The van der Waals surface area contributed by atoms with Crippen molar-refractivity contribution in [3.05, 3.63) is 18.3 Å². The van der Waals surface area contributed by atoms with Crippen molar-refractivity contribution < 1.29 is 9.47 Å². The average molecular weight is 223 g/mol. The molecule has 1 fully saturated rings. The molecule has 2 rings (SSSR count). The molecule has 1 aliphatic rings. The van der Waals surface area contributed by atoms with Gasteiger partial charge in [-0.2, -0.15) is 0 Å². The molecule has 5 heteroatoms. The fourth-order valence-corrected chi connectivity index (χ4v) is 2.04. The minimum Gasteiger partial charge on any atom is -0.396 e. The van der Waals surface area contributed by atoms with Crippen molar-refractivity contribution in [1.29, 1.82) is 0 Å². The predicted molar refractivity (Wildman–Crippen MR) is 62.5 cm³/mol. The first-order valence-electron chi connectivity index (χ1n) is 5.27. The summed E-state index contributed by atoms with van der Waals surface area (Å²) in [7, 11) is 3.39. The Morgan fingerprint density at radius 2 is 1.94 bits per heavy atom. The van der Waals surface area contributed by atoms with E-state index >= 15 is 0 Å². The largest absolute Gasteiger partial charge is 0.396 e. The second-order valence-electron chi connectivity index (χ2n) is 3.87. The van der Waals surface area contributed by atoms with Crippen LogP contribution >= 0.6 is 0 Å². The van der Waals surface area contributed by atoms with Gasteiger partial charge in [-0.3, -0.25) is 0 Å². The average Bonchev–Trinajstić information content (AvgIpc) is 2.72. The number of nitrogens with zero attached hydrogens (tertiary/aromatic N) is 2. The van der Waals surface area contributed by atoms with Gasteiger partial charge in [-0.15, -0.1) is 0 Å². The van der Waals surface area contributed by atoms with Crippen molar-refractivity contribution in [2.45, 2.75) is 12.2 Å². The summed E-state index contributed by atoms with van der Waals surface area (Å²) in [6.45, 7) is 1.52. The molecular weight excluding hydrogens is 206 g/mol. The third-order valence-corrected chi connectivity index (χ3v) is 2.94. The lowest BCUT2D eigenvalue weighted by Crippen LogP contribution is -2.27. The predicted octanol–water partition coefficient (Wildman–Crippen LogP) is 0.514. The van der Waals surface area contributed by atoms with Crippen LogP contribution in [-0.2, 0) is 9.47 Å². The molecule has 0 radical (unpaired) electrons. The first-order valence-corrected chi connectivity index (χ1v) is 5.27. The topological polar surface area (TPSA) is 60.6 Å². The van der Waals surface area contributed by atoms with Crippen molar-refractivity contribution in [3.63, 3.8) is 0 Å². The first-order chi connectivity index (χ1) is 7.76. The molecule has 0 amide bonds. The Labute approximate surface area is 95.2 Å². The summed E-state index contributed by atoms with van der Waals surface area (Å²) in [5.41, 5.74) is 6.58. The zero-order chi connectivity index (χ0) is 11.5. The van der Waals surface area contributed by atoms with E-state index in [1.807, 2.05) is 12.1 Å². The lowest BCUT2D eigenvalue weighted by atomic mass is 10.3. The van der Waals surface area contributed by atoms with E-state index in [1.165, 1.54) is 0 Å². The number of aromatic nitrogens is 1. The number of rotatable bonds is 3. The highest BCUT2D eigenvalue weighted by molar-refractivity contribution is 5.62. The summed E-state index contributed by atoms with van der Waals surface area (Å²) >= 11 is 0. The molecule has 0 bridgehead atoms. The van der Waals surface area contributed by atoms with E-state index in [0.29, 0.717) is 5.69 Å². The second-order valence-corrected chi connectivity index (χ2v) is 3.87. The number of hydrogen-bond donors (Lipinski definition) is 1. The van der Waals surface area contributed by atoms with Gasteiger partial charge in [0.15, 0.2) is 5.82 Å². The van der Waals surface area contributed by atoms with Crippen molar-refractivity contribution in [2.75, 3.05) is 37.9 Å². The molecule has 2 N–H and O–H groups in total.